The van der Waals surface area contributed by atoms with E-state index in [9.17, 15) is 5.11 Å². The molecule has 0 radical (unpaired) electrons. The molecule has 0 fully saturated rings. The lowest BCUT2D eigenvalue weighted by atomic mass is 10.2. The van der Waals surface area contributed by atoms with Crippen molar-refractivity contribution in [2.75, 3.05) is 26.3 Å². The van der Waals surface area contributed by atoms with Crippen LogP contribution in [-0.2, 0) is 11.3 Å². The molecule has 18 heavy (non-hydrogen) atoms. The van der Waals surface area contributed by atoms with Gasteiger partial charge in [-0.25, -0.2) is 0 Å². The fourth-order valence-corrected chi connectivity index (χ4v) is 1.51. The lowest BCUT2D eigenvalue weighted by molar-refractivity contribution is 0.0283. The lowest BCUT2D eigenvalue weighted by Gasteiger charge is -2.14. The summed E-state index contributed by atoms with van der Waals surface area (Å²) < 4.78 is 5.43. The second kappa shape index (κ2) is 9.05. The van der Waals surface area contributed by atoms with Crippen molar-refractivity contribution in [3.63, 3.8) is 0 Å². The Morgan fingerprint density at radius 2 is 1.94 bits per heavy atom. The van der Waals surface area contributed by atoms with E-state index in [0.717, 1.165) is 5.56 Å². The Labute approximate surface area is 109 Å². The normalized spacial score (nSPS) is 14.4. The molecule has 0 aliphatic rings. The van der Waals surface area contributed by atoms with Crippen LogP contribution in [-0.4, -0.2) is 42.6 Å². The predicted molar refractivity (Wildman–Crippen MR) is 71.2 cm³/mol. The van der Waals surface area contributed by atoms with E-state index in [1.54, 1.807) is 0 Å². The molecule has 2 unspecified atom stereocenters. The molecule has 3 N–H and O–H groups in total. The molecule has 2 atom stereocenters. The fraction of sp³-hybridized carbons (Fsp3) is 0.571. The molecule has 0 aromatic heterocycles. The summed E-state index contributed by atoms with van der Waals surface area (Å²) in [6, 6.07) is 9.88. The molecule has 0 bridgehead atoms. The van der Waals surface area contributed by atoms with Gasteiger partial charge in [-0.3, -0.25) is 0 Å². The maximum atomic E-state index is 9.66. The molecular weight excluding hydrogens is 230 g/mol. The van der Waals surface area contributed by atoms with E-state index >= 15 is 0 Å². The zero-order chi connectivity index (χ0) is 13.2. The van der Waals surface area contributed by atoms with E-state index in [0.29, 0.717) is 26.3 Å². The Hall–Kier alpha value is -0.940. The number of aliphatic hydroxyl groups is 2. The predicted octanol–water partition coefficient (Wildman–Crippen LogP) is 0.782. The van der Waals surface area contributed by atoms with Gasteiger partial charge >= 0.3 is 0 Å². The molecule has 1 aromatic carbocycles. The zero-order valence-electron chi connectivity index (χ0n) is 10.9. The summed E-state index contributed by atoms with van der Waals surface area (Å²) in [5, 5.41) is 21.6. The molecule has 4 nitrogen and oxygen atoms in total. The van der Waals surface area contributed by atoms with Gasteiger partial charge in [0.2, 0.25) is 0 Å². The smallest absolute Gasteiger partial charge is 0.0897 e. The molecule has 0 spiro atoms. The van der Waals surface area contributed by atoms with Gasteiger partial charge in [-0.2, -0.15) is 0 Å². The van der Waals surface area contributed by atoms with Gasteiger partial charge in [0.05, 0.1) is 19.3 Å². The number of hydrogen-bond donors (Lipinski definition) is 3. The number of aliphatic hydroxyl groups excluding tert-OH is 2. The first-order chi connectivity index (χ1) is 8.72. The van der Waals surface area contributed by atoms with Crippen LogP contribution in [0.4, 0.5) is 0 Å². The highest BCUT2D eigenvalue weighted by molar-refractivity contribution is 5.13. The Morgan fingerprint density at radius 3 is 2.61 bits per heavy atom. The molecule has 0 aliphatic carbocycles. The van der Waals surface area contributed by atoms with Crippen LogP contribution in [0, 0.1) is 5.92 Å². The third-order valence-corrected chi connectivity index (χ3v) is 2.61. The Bertz CT molecular complexity index is 305. The molecule has 0 amide bonds. The quantitative estimate of drug-likeness (QED) is 0.609. The maximum Gasteiger partial charge on any atom is 0.0897 e. The lowest BCUT2D eigenvalue weighted by Crippen LogP contribution is -2.33. The summed E-state index contributed by atoms with van der Waals surface area (Å²) in [7, 11) is 0. The molecule has 1 rings (SSSR count). The molecule has 1 aromatic rings. The van der Waals surface area contributed by atoms with E-state index in [2.05, 4.69) is 5.32 Å². The van der Waals surface area contributed by atoms with Crippen molar-refractivity contribution in [3.8, 4) is 0 Å². The van der Waals surface area contributed by atoms with Crippen LogP contribution < -0.4 is 5.32 Å². The highest BCUT2D eigenvalue weighted by Crippen LogP contribution is 2.00. The topological polar surface area (TPSA) is 61.7 Å². The van der Waals surface area contributed by atoms with Gasteiger partial charge in [-0.05, 0) is 18.0 Å². The van der Waals surface area contributed by atoms with Gasteiger partial charge in [0, 0.05) is 13.2 Å². The first-order valence-corrected chi connectivity index (χ1v) is 6.33. The Balaban J connectivity index is 2.05. The van der Waals surface area contributed by atoms with Crippen LogP contribution in [0.1, 0.15) is 12.5 Å². The SMILES string of the molecule is CC(CO)CNCC(O)COCc1ccccc1. The highest BCUT2D eigenvalue weighted by Gasteiger charge is 2.05. The van der Waals surface area contributed by atoms with Gasteiger partial charge in [0.15, 0.2) is 0 Å². The number of rotatable bonds is 9. The van der Waals surface area contributed by atoms with E-state index < -0.39 is 6.10 Å². The van der Waals surface area contributed by atoms with Gasteiger partial charge < -0.3 is 20.3 Å². The summed E-state index contributed by atoms with van der Waals surface area (Å²) >= 11 is 0. The standard InChI is InChI=1S/C14H23NO3/c1-12(9-16)7-15-8-14(17)11-18-10-13-5-3-2-4-6-13/h2-6,12,14-17H,7-11H2,1H3. The Morgan fingerprint density at radius 1 is 1.22 bits per heavy atom. The Kier molecular flexibility index (Phi) is 7.60. The van der Waals surface area contributed by atoms with Crippen LogP contribution in [0.2, 0.25) is 0 Å². The van der Waals surface area contributed by atoms with Gasteiger partial charge in [-0.15, -0.1) is 0 Å². The second-order valence-electron chi connectivity index (χ2n) is 4.60. The molecule has 0 saturated carbocycles. The number of hydrogen-bond acceptors (Lipinski definition) is 4. The molecule has 102 valence electrons. The van der Waals surface area contributed by atoms with Gasteiger partial charge in [0.25, 0.3) is 0 Å². The molecule has 0 heterocycles. The summed E-state index contributed by atoms with van der Waals surface area (Å²) in [6.07, 6.45) is -0.514. The molecule has 0 saturated heterocycles. The molecule has 4 heteroatoms. The van der Waals surface area contributed by atoms with Crippen molar-refractivity contribution in [3.05, 3.63) is 35.9 Å². The van der Waals surface area contributed by atoms with E-state index in [1.807, 2.05) is 37.3 Å². The van der Waals surface area contributed by atoms with Crippen LogP contribution in [0.25, 0.3) is 0 Å². The van der Waals surface area contributed by atoms with Crippen molar-refractivity contribution >= 4 is 0 Å². The minimum absolute atomic E-state index is 0.160. The van der Waals surface area contributed by atoms with E-state index in [-0.39, 0.29) is 12.5 Å². The number of nitrogens with one attached hydrogen (secondary N) is 1. The van der Waals surface area contributed by atoms with Crippen molar-refractivity contribution < 1.29 is 14.9 Å². The fourth-order valence-electron chi connectivity index (χ4n) is 1.51. The summed E-state index contributed by atoms with van der Waals surface area (Å²) in [5.41, 5.74) is 1.10. The second-order valence-corrected chi connectivity index (χ2v) is 4.60. The molecular formula is C14H23NO3. The summed E-state index contributed by atoms with van der Waals surface area (Å²) in [5.74, 6) is 0.211. The van der Waals surface area contributed by atoms with Gasteiger partial charge in [-0.1, -0.05) is 37.3 Å². The van der Waals surface area contributed by atoms with Crippen LogP contribution in [0.3, 0.4) is 0 Å². The first-order valence-electron chi connectivity index (χ1n) is 6.33. The number of benzene rings is 1. The third-order valence-electron chi connectivity index (χ3n) is 2.61. The number of ether oxygens (including phenoxy) is 1. The minimum Gasteiger partial charge on any atom is -0.396 e. The van der Waals surface area contributed by atoms with E-state index in [4.69, 9.17) is 9.84 Å². The summed E-state index contributed by atoms with van der Waals surface area (Å²) in [4.78, 5) is 0. The monoisotopic (exact) mass is 253 g/mol. The van der Waals surface area contributed by atoms with Crippen molar-refractivity contribution in [1.29, 1.82) is 0 Å². The summed E-state index contributed by atoms with van der Waals surface area (Å²) in [6.45, 7) is 4.13. The molecule has 0 aliphatic heterocycles. The average molecular weight is 253 g/mol. The van der Waals surface area contributed by atoms with Crippen LogP contribution in [0.5, 0.6) is 0 Å². The van der Waals surface area contributed by atoms with Crippen molar-refractivity contribution in [2.45, 2.75) is 19.6 Å². The van der Waals surface area contributed by atoms with Crippen LogP contribution in [0.15, 0.2) is 30.3 Å². The van der Waals surface area contributed by atoms with E-state index in [1.165, 1.54) is 0 Å². The van der Waals surface area contributed by atoms with Crippen molar-refractivity contribution in [2.24, 2.45) is 5.92 Å². The zero-order valence-corrected chi connectivity index (χ0v) is 10.9. The van der Waals surface area contributed by atoms with Gasteiger partial charge in [0.1, 0.15) is 0 Å². The van der Waals surface area contributed by atoms with Crippen LogP contribution >= 0.6 is 0 Å². The maximum absolute atomic E-state index is 9.66. The third kappa shape index (κ3) is 6.71. The largest absolute Gasteiger partial charge is 0.396 e. The highest BCUT2D eigenvalue weighted by atomic mass is 16.5. The first kappa shape index (κ1) is 15.1. The van der Waals surface area contributed by atoms with Crippen molar-refractivity contribution in [1.82, 2.24) is 5.32 Å². The average Bonchev–Trinajstić information content (AvgIpc) is 2.39. The minimum atomic E-state index is -0.514.